The molecule has 172 valence electrons. The second-order valence-corrected chi connectivity index (χ2v) is 9.16. The molecule has 5 nitrogen and oxygen atoms in total. The highest BCUT2D eigenvalue weighted by Gasteiger charge is 2.39. The van der Waals surface area contributed by atoms with Crippen molar-refractivity contribution in [1.29, 1.82) is 0 Å². The predicted octanol–water partition coefficient (Wildman–Crippen LogP) is 6.83. The van der Waals surface area contributed by atoms with Gasteiger partial charge in [0.2, 0.25) is 0 Å². The van der Waals surface area contributed by atoms with Gasteiger partial charge in [-0.15, -0.1) is 0 Å². The lowest BCUT2D eigenvalue weighted by Crippen LogP contribution is -2.29. The molecule has 0 aromatic heterocycles. The highest BCUT2D eigenvalue weighted by atomic mass is 35.5. The van der Waals surface area contributed by atoms with Crippen LogP contribution in [-0.2, 0) is 4.74 Å². The van der Waals surface area contributed by atoms with Crippen LogP contribution in [-0.4, -0.2) is 19.0 Å². The lowest BCUT2D eigenvalue weighted by atomic mass is 9.76. The Kier molecular flexibility index (Phi) is 6.07. The first kappa shape index (κ1) is 22.5. The number of esters is 2. The van der Waals surface area contributed by atoms with E-state index in [1.54, 1.807) is 36.4 Å². The maximum Gasteiger partial charge on any atom is 0.343 e. The van der Waals surface area contributed by atoms with Crippen molar-refractivity contribution in [2.45, 2.75) is 18.4 Å². The van der Waals surface area contributed by atoms with Gasteiger partial charge >= 0.3 is 11.9 Å². The van der Waals surface area contributed by atoms with Crippen molar-refractivity contribution in [2.24, 2.45) is 5.92 Å². The van der Waals surface area contributed by atoms with Gasteiger partial charge in [0, 0.05) is 21.7 Å². The molecule has 3 aromatic rings. The normalized spacial score (nSPS) is 20.1. The third-order valence-corrected chi connectivity index (χ3v) is 6.95. The van der Waals surface area contributed by atoms with Crippen molar-refractivity contribution < 1.29 is 19.1 Å². The molecule has 1 aliphatic heterocycles. The zero-order valence-electron chi connectivity index (χ0n) is 18.3. The van der Waals surface area contributed by atoms with Gasteiger partial charge in [-0.05, 0) is 65.9 Å². The molecule has 0 radical (unpaired) electrons. The Hall–Kier alpha value is -3.28. The van der Waals surface area contributed by atoms with E-state index in [-0.39, 0.29) is 29.2 Å². The zero-order chi connectivity index (χ0) is 23.8. The molecule has 0 saturated carbocycles. The number of hydrogen-bond donors (Lipinski definition) is 1. The Balaban J connectivity index is 1.45. The zero-order valence-corrected chi connectivity index (χ0v) is 19.8. The highest BCUT2D eigenvalue weighted by molar-refractivity contribution is 6.35. The molecule has 3 aromatic carbocycles. The first-order valence-corrected chi connectivity index (χ1v) is 11.6. The maximum absolute atomic E-state index is 13.0. The van der Waals surface area contributed by atoms with Gasteiger partial charge in [0.25, 0.3) is 0 Å². The number of nitrogens with one attached hydrogen (secondary N) is 1. The number of para-hydroxylation sites is 1. The summed E-state index contributed by atoms with van der Waals surface area (Å²) in [4.78, 5) is 25.0. The topological polar surface area (TPSA) is 64.6 Å². The molecular weight excluding hydrogens is 473 g/mol. The Labute approximate surface area is 207 Å². The summed E-state index contributed by atoms with van der Waals surface area (Å²) in [7, 11) is 1.29. The first-order chi connectivity index (χ1) is 16.5. The average Bonchev–Trinajstić information content (AvgIpc) is 3.34. The number of benzene rings is 3. The minimum atomic E-state index is -0.566. The number of ether oxygens (including phenoxy) is 2. The molecular formula is C27H21Cl2NO4. The monoisotopic (exact) mass is 493 g/mol. The van der Waals surface area contributed by atoms with E-state index in [2.05, 4.69) is 17.5 Å². The summed E-state index contributed by atoms with van der Waals surface area (Å²) in [6, 6.07) is 17.6. The number of fused-ring (bicyclic) bond motifs is 3. The molecule has 0 unspecified atom stereocenters. The molecule has 3 atom stereocenters. The summed E-state index contributed by atoms with van der Waals surface area (Å²) >= 11 is 12.6. The molecule has 0 bridgehead atoms. The SMILES string of the molecule is COC(=O)c1ccccc1OC(=O)c1ccc2c(c1)[C@@H]1C=CC[C@H]1[C@H](c1ccc(Cl)cc1Cl)N2. The Morgan fingerprint density at radius 3 is 2.59 bits per heavy atom. The number of hydrogen-bond acceptors (Lipinski definition) is 5. The summed E-state index contributed by atoms with van der Waals surface area (Å²) < 4.78 is 10.4. The molecule has 5 rings (SSSR count). The minimum absolute atomic E-state index is 0.0157. The van der Waals surface area contributed by atoms with Crippen LogP contribution < -0.4 is 10.1 Å². The molecule has 0 amide bonds. The summed E-state index contributed by atoms with van der Waals surface area (Å²) in [6.07, 6.45) is 5.24. The minimum Gasteiger partial charge on any atom is -0.465 e. The van der Waals surface area contributed by atoms with Crippen LogP contribution in [0.2, 0.25) is 10.0 Å². The van der Waals surface area contributed by atoms with Gasteiger partial charge in [0.15, 0.2) is 0 Å². The van der Waals surface area contributed by atoms with Crippen LogP contribution in [0.1, 0.15) is 50.2 Å². The van der Waals surface area contributed by atoms with E-state index in [9.17, 15) is 9.59 Å². The van der Waals surface area contributed by atoms with Gasteiger partial charge in [-0.1, -0.05) is 53.6 Å². The molecule has 1 N–H and O–H groups in total. The highest BCUT2D eigenvalue weighted by Crippen LogP contribution is 2.51. The number of halogens is 2. The number of carbonyl (C=O) groups is 2. The van der Waals surface area contributed by atoms with Gasteiger partial charge in [0.05, 0.1) is 18.7 Å². The van der Waals surface area contributed by atoms with Crippen LogP contribution >= 0.6 is 23.2 Å². The average molecular weight is 494 g/mol. The summed E-state index contributed by atoms with van der Waals surface area (Å²) in [5.41, 5.74) is 3.56. The lowest BCUT2D eigenvalue weighted by Gasteiger charge is -2.38. The largest absolute Gasteiger partial charge is 0.465 e. The van der Waals surface area contributed by atoms with Crippen molar-refractivity contribution in [1.82, 2.24) is 0 Å². The van der Waals surface area contributed by atoms with Crippen molar-refractivity contribution >= 4 is 40.8 Å². The van der Waals surface area contributed by atoms with E-state index in [0.29, 0.717) is 15.6 Å². The van der Waals surface area contributed by atoms with Gasteiger partial charge in [-0.3, -0.25) is 0 Å². The fourth-order valence-electron chi connectivity index (χ4n) is 4.78. The summed E-state index contributed by atoms with van der Waals surface area (Å²) in [5, 5.41) is 4.84. The van der Waals surface area contributed by atoms with Crippen molar-refractivity contribution in [3.8, 4) is 5.75 Å². The number of carbonyl (C=O) groups excluding carboxylic acids is 2. The van der Waals surface area contributed by atoms with Gasteiger partial charge < -0.3 is 14.8 Å². The molecule has 0 fully saturated rings. The lowest BCUT2D eigenvalue weighted by molar-refractivity contribution is 0.0593. The fourth-order valence-corrected chi connectivity index (χ4v) is 5.30. The molecule has 7 heteroatoms. The Bertz CT molecular complexity index is 1320. The second-order valence-electron chi connectivity index (χ2n) is 8.32. The van der Waals surface area contributed by atoms with E-state index >= 15 is 0 Å². The van der Waals surface area contributed by atoms with Crippen molar-refractivity contribution in [2.75, 3.05) is 12.4 Å². The molecule has 0 saturated heterocycles. The quantitative estimate of drug-likeness (QED) is 0.245. The number of rotatable bonds is 4. The van der Waals surface area contributed by atoms with Crippen LogP contribution in [0.15, 0.2) is 72.8 Å². The molecule has 1 heterocycles. The van der Waals surface area contributed by atoms with Crippen LogP contribution in [0.4, 0.5) is 5.69 Å². The van der Waals surface area contributed by atoms with Crippen LogP contribution in [0.5, 0.6) is 5.75 Å². The third kappa shape index (κ3) is 4.06. The number of anilines is 1. The summed E-state index contributed by atoms with van der Waals surface area (Å²) in [6.45, 7) is 0. The van der Waals surface area contributed by atoms with E-state index in [1.807, 2.05) is 24.3 Å². The Morgan fingerprint density at radius 1 is 0.971 bits per heavy atom. The third-order valence-electron chi connectivity index (χ3n) is 6.39. The summed E-state index contributed by atoms with van der Waals surface area (Å²) in [5.74, 6) is -0.573. The smallest absolute Gasteiger partial charge is 0.343 e. The van der Waals surface area contributed by atoms with E-state index in [0.717, 1.165) is 23.2 Å². The van der Waals surface area contributed by atoms with E-state index in [4.69, 9.17) is 32.7 Å². The molecule has 2 aliphatic rings. The molecule has 0 spiro atoms. The molecule has 1 aliphatic carbocycles. The maximum atomic E-state index is 13.0. The van der Waals surface area contributed by atoms with Crippen LogP contribution in [0.25, 0.3) is 0 Å². The first-order valence-electron chi connectivity index (χ1n) is 10.9. The van der Waals surface area contributed by atoms with Gasteiger partial charge in [-0.25, -0.2) is 9.59 Å². The second kappa shape index (κ2) is 9.16. The fraction of sp³-hybridized carbons (Fsp3) is 0.185. The number of methoxy groups -OCH3 is 1. The van der Waals surface area contributed by atoms with Gasteiger partial charge in [-0.2, -0.15) is 0 Å². The number of allylic oxidation sites excluding steroid dienone is 2. The van der Waals surface area contributed by atoms with Crippen LogP contribution in [0.3, 0.4) is 0 Å². The van der Waals surface area contributed by atoms with Crippen molar-refractivity contribution in [3.05, 3.63) is 105 Å². The van der Waals surface area contributed by atoms with E-state index < -0.39 is 11.9 Å². The van der Waals surface area contributed by atoms with Crippen molar-refractivity contribution in [3.63, 3.8) is 0 Å². The molecule has 34 heavy (non-hydrogen) atoms. The Morgan fingerprint density at radius 2 is 1.79 bits per heavy atom. The van der Waals surface area contributed by atoms with Gasteiger partial charge in [0.1, 0.15) is 11.3 Å². The standard InChI is InChI=1S/C27H21Cl2NO4/c1-33-27(32)20-5-2-3-8-24(20)34-26(31)15-9-12-23-21(13-15)17-6-4-7-18(17)25(30-23)19-11-10-16(28)14-22(19)29/h2-6,8-14,17-18,25,30H,7H2,1H3/t17-,18-,25-/m1/s1. The van der Waals surface area contributed by atoms with Crippen LogP contribution in [0, 0.1) is 5.92 Å². The van der Waals surface area contributed by atoms with E-state index in [1.165, 1.54) is 7.11 Å². The predicted molar refractivity (Wildman–Crippen MR) is 132 cm³/mol.